The molecule has 12 nitrogen and oxygen atoms in total. The van der Waals surface area contributed by atoms with Crippen molar-refractivity contribution in [3.63, 3.8) is 0 Å². The molecule has 0 amide bonds. The predicted octanol–water partition coefficient (Wildman–Crippen LogP) is 5.97. The number of ether oxygens (including phenoxy) is 2. The van der Waals surface area contributed by atoms with E-state index >= 15 is 0 Å². The summed E-state index contributed by atoms with van der Waals surface area (Å²) >= 11 is 0. The van der Waals surface area contributed by atoms with E-state index in [9.17, 15) is 20.2 Å². The van der Waals surface area contributed by atoms with Crippen LogP contribution in [0, 0.1) is 20.2 Å². The molecule has 192 valence electrons. The maximum absolute atomic E-state index is 12.1. The molecule has 38 heavy (non-hydrogen) atoms. The lowest BCUT2D eigenvalue weighted by Crippen LogP contribution is -2.07. The number of nitro groups is 2. The summed E-state index contributed by atoms with van der Waals surface area (Å²) in [5, 5.41) is 29.3. The molecule has 0 saturated heterocycles. The average Bonchev–Trinajstić information content (AvgIpc) is 2.92. The van der Waals surface area contributed by atoms with Crippen LogP contribution in [0.15, 0.2) is 72.8 Å². The minimum absolute atomic E-state index is 0.0106. The first kappa shape index (κ1) is 25.6. The Kier molecular flexibility index (Phi) is 7.72. The van der Waals surface area contributed by atoms with Crippen LogP contribution in [0.1, 0.15) is 11.3 Å². The lowest BCUT2D eigenvalue weighted by molar-refractivity contribution is -0.384. The maximum atomic E-state index is 12.1. The highest BCUT2D eigenvalue weighted by atomic mass is 16.6. The van der Waals surface area contributed by atoms with Gasteiger partial charge in [-0.2, -0.15) is 4.98 Å². The third kappa shape index (κ3) is 6.18. The number of anilines is 4. The number of nitro benzene ring substituents is 1. The van der Waals surface area contributed by atoms with Crippen molar-refractivity contribution in [2.24, 2.45) is 0 Å². The first-order valence-corrected chi connectivity index (χ1v) is 11.2. The number of hydrogen-bond donors (Lipinski definition) is 2. The van der Waals surface area contributed by atoms with Crippen LogP contribution in [0.3, 0.4) is 0 Å². The molecule has 0 unspecified atom stereocenters. The number of nitrogens with zero attached hydrogens (tertiary/aromatic N) is 4. The fourth-order valence-corrected chi connectivity index (χ4v) is 3.44. The van der Waals surface area contributed by atoms with Gasteiger partial charge in [-0.3, -0.25) is 20.2 Å². The molecule has 0 atom stereocenters. The van der Waals surface area contributed by atoms with Crippen LogP contribution < -0.4 is 20.1 Å². The zero-order valence-corrected chi connectivity index (χ0v) is 20.3. The standard InChI is InChI=1S/C26H22N6O6/c1-37-21-11-7-18(8-12-21)27-25-24(32(35)36)23(15-6-17-4-3-5-20(16-17)31(33)34)29-26(30-25)28-19-9-13-22(38-2)14-10-19/h3-16H,1-2H3,(H2,27,28,29,30)/b15-6+. The number of hydrogen-bond acceptors (Lipinski definition) is 10. The summed E-state index contributed by atoms with van der Waals surface area (Å²) in [4.78, 5) is 30.9. The van der Waals surface area contributed by atoms with Crippen molar-refractivity contribution in [1.82, 2.24) is 9.97 Å². The van der Waals surface area contributed by atoms with Crippen LogP contribution in [0.4, 0.5) is 34.5 Å². The molecule has 1 heterocycles. The summed E-state index contributed by atoms with van der Waals surface area (Å²) in [6.07, 6.45) is 2.92. The zero-order valence-electron chi connectivity index (χ0n) is 20.3. The van der Waals surface area contributed by atoms with E-state index in [1.165, 1.54) is 37.5 Å². The molecule has 12 heteroatoms. The van der Waals surface area contributed by atoms with Crippen LogP contribution in [-0.2, 0) is 0 Å². The molecule has 3 aromatic carbocycles. The van der Waals surface area contributed by atoms with E-state index in [0.717, 1.165) is 0 Å². The summed E-state index contributed by atoms with van der Waals surface area (Å²) in [6.45, 7) is 0. The van der Waals surface area contributed by atoms with Crippen LogP contribution >= 0.6 is 0 Å². The Morgan fingerprint density at radius 2 is 1.37 bits per heavy atom. The topological polar surface area (TPSA) is 155 Å². The average molecular weight is 514 g/mol. The third-order valence-corrected chi connectivity index (χ3v) is 5.31. The van der Waals surface area contributed by atoms with Gasteiger partial charge in [0.15, 0.2) is 0 Å². The van der Waals surface area contributed by atoms with Gasteiger partial charge in [-0.25, -0.2) is 4.98 Å². The molecule has 4 rings (SSSR count). The smallest absolute Gasteiger partial charge is 0.337 e. The summed E-state index contributed by atoms with van der Waals surface area (Å²) in [6, 6.07) is 19.7. The molecule has 0 saturated carbocycles. The van der Waals surface area contributed by atoms with Crippen LogP contribution in [0.2, 0.25) is 0 Å². The highest BCUT2D eigenvalue weighted by Crippen LogP contribution is 2.32. The largest absolute Gasteiger partial charge is 0.497 e. The third-order valence-electron chi connectivity index (χ3n) is 5.31. The van der Waals surface area contributed by atoms with E-state index < -0.39 is 9.85 Å². The van der Waals surface area contributed by atoms with Gasteiger partial charge in [-0.1, -0.05) is 18.2 Å². The maximum Gasteiger partial charge on any atom is 0.337 e. The lowest BCUT2D eigenvalue weighted by Gasteiger charge is -2.12. The second-order valence-electron chi connectivity index (χ2n) is 7.78. The molecule has 0 aliphatic carbocycles. The van der Waals surface area contributed by atoms with E-state index in [0.29, 0.717) is 28.4 Å². The molecule has 0 bridgehead atoms. The van der Waals surface area contributed by atoms with Gasteiger partial charge in [0.05, 0.1) is 24.1 Å². The molecule has 4 aromatic rings. The second kappa shape index (κ2) is 11.5. The minimum atomic E-state index is -0.587. The van der Waals surface area contributed by atoms with Crippen LogP contribution in [0.5, 0.6) is 11.5 Å². The van der Waals surface area contributed by atoms with E-state index in [1.807, 2.05) is 0 Å². The highest BCUT2D eigenvalue weighted by Gasteiger charge is 2.24. The lowest BCUT2D eigenvalue weighted by atomic mass is 10.1. The van der Waals surface area contributed by atoms with Crippen LogP contribution in [-0.4, -0.2) is 34.0 Å². The van der Waals surface area contributed by atoms with Gasteiger partial charge in [0, 0.05) is 23.5 Å². The summed E-state index contributed by atoms with van der Waals surface area (Å²) < 4.78 is 10.3. The second-order valence-corrected chi connectivity index (χ2v) is 7.78. The van der Waals surface area contributed by atoms with Gasteiger partial charge in [0.1, 0.15) is 17.2 Å². The van der Waals surface area contributed by atoms with Gasteiger partial charge in [-0.15, -0.1) is 0 Å². The van der Waals surface area contributed by atoms with Crippen molar-refractivity contribution < 1.29 is 19.3 Å². The number of nitrogens with one attached hydrogen (secondary N) is 2. The Hall–Kier alpha value is -5.52. The predicted molar refractivity (Wildman–Crippen MR) is 143 cm³/mol. The van der Waals surface area contributed by atoms with Crippen molar-refractivity contribution >= 4 is 46.7 Å². The highest BCUT2D eigenvalue weighted by molar-refractivity contribution is 5.80. The molecule has 1 aromatic heterocycles. The molecule has 2 N–H and O–H groups in total. The minimum Gasteiger partial charge on any atom is -0.497 e. The molecular formula is C26H22N6O6. The van der Waals surface area contributed by atoms with Gasteiger partial charge < -0.3 is 20.1 Å². The summed E-state index contributed by atoms with van der Waals surface area (Å²) in [7, 11) is 3.09. The number of aromatic nitrogens is 2. The summed E-state index contributed by atoms with van der Waals surface area (Å²) in [5.74, 6) is 1.32. The number of non-ortho nitro benzene ring substituents is 1. The fraction of sp³-hybridized carbons (Fsp3) is 0.0769. The van der Waals surface area contributed by atoms with Crippen molar-refractivity contribution in [2.45, 2.75) is 0 Å². The van der Waals surface area contributed by atoms with E-state index in [2.05, 4.69) is 20.6 Å². The Bertz CT molecular complexity index is 1490. The molecule has 0 aliphatic rings. The normalized spacial score (nSPS) is 10.7. The Balaban J connectivity index is 1.78. The molecule has 0 fully saturated rings. The first-order chi connectivity index (χ1) is 18.4. The molecule has 0 spiro atoms. The van der Waals surface area contributed by atoms with Gasteiger partial charge in [0.25, 0.3) is 5.69 Å². The fourth-order valence-electron chi connectivity index (χ4n) is 3.44. The van der Waals surface area contributed by atoms with Gasteiger partial charge in [-0.05, 0) is 60.2 Å². The molecule has 0 radical (unpaired) electrons. The van der Waals surface area contributed by atoms with E-state index in [-0.39, 0.29) is 28.8 Å². The first-order valence-electron chi connectivity index (χ1n) is 11.2. The van der Waals surface area contributed by atoms with Crippen molar-refractivity contribution in [1.29, 1.82) is 0 Å². The van der Waals surface area contributed by atoms with Gasteiger partial charge in [0.2, 0.25) is 11.8 Å². The number of methoxy groups -OCH3 is 2. The van der Waals surface area contributed by atoms with Gasteiger partial charge >= 0.3 is 5.69 Å². The van der Waals surface area contributed by atoms with Crippen LogP contribution in [0.25, 0.3) is 12.2 Å². The Morgan fingerprint density at radius 1 is 0.763 bits per heavy atom. The monoisotopic (exact) mass is 514 g/mol. The molecule has 0 aliphatic heterocycles. The van der Waals surface area contributed by atoms with E-state index in [1.54, 1.807) is 61.7 Å². The Labute approximate surface area is 216 Å². The Morgan fingerprint density at radius 3 is 1.92 bits per heavy atom. The summed E-state index contributed by atoms with van der Waals surface area (Å²) in [5.41, 5.74) is 1.15. The number of benzene rings is 3. The van der Waals surface area contributed by atoms with Crippen molar-refractivity contribution in [3.05, 3.63) is 104 Å². The number of rotatable bonds is 10. The molecular weight excluding hydrogens is 492 g/mol. The van der Waals surface area contributed by atoms with E-state index in [4.69, 9.17) is 9.47 Å². The van der Waals surface area contributed by atoms with Crippen molar-refractivity contribution in [2.75, 3.05) is 24.9 Å². The quantitative estimate of drug-likeness (QED) is 0.191. The SMILES string of the molecule is COc1ccc(Nc2nc(/C=C/c3cccc([N+](=O)[O-])c3)c([N+](=O)[O-])c(Nc3ccc(OC)cc3)n2)cc1. The van der Waals surface area contributed by atoms with Crippen molar-refractivity contribution in [3.8, 4) is 11.5 Å². The zero-order chi connectivity index (χ0) is 27.1.